The molecule has 0 bridgehead atoms. The van der Waals surface area contributed by atoms with Gasteiger partial charge in [0, 0.05) is 11.4 Å². The minimum Gasteiger partial charge on any atom is -0.301 e. The molecule has 0 aromatic carbocycles. The van der Waals surface area contributed by atoms with E-state index >= 15 is 0 Å². The molecule has 1 fully saturated rings. The highest BCUT2D eigenvalue weighted by molar-refractivity contribution is 9.09. The Labute approximate surface area is 84.6 Å². The summed E-state index contributed by atoms with van der Waals surface area (Å²) in [7, 11) is 0. The molecule has 0 N–H and O–H groups in total. The Morgan fingerprint density at radius 2 is 1.75 bits per heavy atom. The van der Waals surface area contributed by atoms with Crippen LogP contribution >= 0.6 is 15.9 Å². The van der Waals surface area contributed by atoms with Crippen molar-refractivity contribution in [1.82, 2.24) is 4.90 Å². The third-order valence-electron chi connectivity index (χ3n) is 2.79. The maximum atomic E-state index is 3.51. The minimum absolute atomic E-state index is 0.780. The highest BCUT2D eigenvalue weighted by Gasteiger charge is 2.14. The molecule has 0 saturated carbocycles. The molecule has 0 aromatic heterocycles. The zero-order chi connectivity index (χ0) is 8.81. The molecular weight excluding hydrogens is 214 g/mol. The minimum atomic E-state index is 0.780. The molecule has 1 atom stereocenters. The van der Waals surface area contributed by atoms with Crippen LogP contribution in [0.2, 0.25) is 0 Å². The Morgan fingerprint density at radius 3 is 2.25 bits per heavy atom. The molecule has 0 aliphatic carbocycles. The Hall–Kier alpha value is 0.440. The Kier molecular flexibility index (Phi) is 5.24. The van der Waals surface area contributed by atoms with E-state index in [1.807, 2.05) is 0 Å². The first kappa shape index (κ1) is 10.5. The van der Waals surface area contributed by atoms with Crippen LogP contribution in [0.15, 0.2) is 0 Å². The summed E-state index contributed by atoms with van der Waals surface area (Å²) >= 11 is 3.51. The van der Waals surface area contributed by atoms with E-state index in [4.69, 9.17) is 0 Å². The lowest BCUT2D eigenvalue weighted by Gasteiger charge is -2.26. The number of alkyl halides is 1. The van der Waals surface area contributed by atoms with Gasteiger partial charge in [-0.1, -0.05) is 28.8 Å². The summed E-state index contributed by atoms with van der Waals surface area (Å²) < 4.78 is 0. The fraction of sp³-hybridized carbons (Fsp3) is 1.00. The second-order valence-corrected chi connectivity index (χ2v) is 4.57. The zero-order valence-electron chi connectivity index (χ0n) is 8.06. The Bertz CT molecular complexity index is 108. The van der Waals surface area contributed by atoms with Gasteiger partial charge >= 0.3 is 0 Å². The molecule has 1 saturated heterocycles. The first-order valence-electron chi connectivity index (χ1n) is 5.14. The fourth-order valence-electron chi connectivity index (χ4n) is 1.88. The fourth-order valence-corrected chi connectivity index (χ4v) is 2.54. The molecule has 1 rings (SSSR count). The molecule has 1 heterocycles. The summed E-state index contributed by atoms with van der Waals surface area (Å²) in [4.78, 5) is 2.65. The number of likely N-dealkylation sites (tertiary alicyclic amines) is 1. The molecule has 0 amide bonds. The lowest BCUT2D eigenvalue weighted by atomic mass is 10.2. The van der Waals surface area contributed by atoms with Gasteiger partial charge in [-0.25, -0.2) is 0 Å². The monoisotopic (exact) mass is 233 g/mol. The average molecular weight is 234 g/mol. The molecule has 12 heavy (non-hydrogen) atoms. The summed E-state index contributed by atoms with van der Waals surface area (Å²) in [5.74, 6) is 0. The molecule has 1 nitrogen and oxygen atoms in total. The van der Waals surface area contributed by atoms with Gasteiger partial charge in [0.05, 0.1) is 0 Å². The van der Waals surface area contributed by atoms with E-state index in [0.717, 1.165) is 11.4 Å². The second kappa shape index (κ2) is 5.98. The lowest BCUT2D eigenvalue weighted by Crippen LogP contribution is -2.34. The average Bonchev–Trinajstić information content (AvgIpc) is 2.32. The molecule has 0 aromatic rings. The first-order chi connectivity index (χ1) is 5.84. The van der Waals surface area contributed by atoms with Crippen molar-refractivity contribution < 1.29 is 0 Å². The van der Waals surface area contributed by atoms with E-state index in [1.165, 1.54) is 45.2 Å². The van der Waals surface area contributed by atoms with E-state index in [2.05, 4.69) is 27.8 Å². The maximum Gasteiger partial charge on any atom is 0.00748 e. The molecule has 72 valence electrons. The largest absolute Gasteiger partial charge is 0.301 e. The van der Waals surface area contributed by atoms with Crippen LogP contribution in [0.5, 0.6) is 0 Å². The third kappa shape index (κ3) is 3.44. The predicted octanol–water partition coefficient (Wildman–Crippen LogP) is 3.04. The first-order valence-corrected chi connectivity index (χ1v) is 6.26. The van der Waals surface area contributed by atoms with Crippen LogP contribution in [0.4, 0.5) is 0 Å². The summed E-state index contributed by atoms with van der Waals surface area (Å²) in [6.07, 6.45) is 6.99. The summed E-state index contributed by atoms with van der Waals surface area (Å²) in [5, 5.41) is 1.14. The molecule has 0 spiro atoms. The zero-order valence-corrected chi connectivity index (χ0v) is 9.65. The van der Waals surface area contributed by atoms with Crippen LogP contribution in [-0.2, 0) is 0 Å². The Balaban J connectivity index is 2.27. The standard InChI is InChI=1S/C10H20BrN/c1-10(6-7-11)12-8-4-2-3-5-9-12/h10H,2-9H2,1H3. The second-order valence-electron chi connectivity index (χ2n) is 3.78. The number of nitrogens with zero attached hydrogens (tertiary/aromatic N) is 1. The number of hydrogen-bond donors (Lipinski definition) is 0. The molecule has 1 aliphatic rings. The topological polar surface area (TPSA) is 3.24 Å². The molecule has 1 aliphatic heterocycles. The van der Waals surface area contributed by atoms with Crippen LogP contribution in [0.1, 0.15) is 39.0 Å². The summed E-state index contributed by atoms with van der Waals surface area (Å²) in [6, 6.07) is 0.780. The SMILES string of the molecule is CC(CCBr)N1CCCCCC1. The van der Waals surface area contributed by atoms with E-state index in [-0.39, 0.29) is 0 Å². The number of halogens is 1. The molecule has 1 unspecified atom stereocenters. The molecular formula is C10H20BrN. The van der Waals surface area contributed by atoms with E-state index in [9.17, 15) is 0 Å². The van der Waals surface area contributed by atoms with Gasteiger partial charge in [0.2, 0.25) is 0 Å². The third-order valence-corrected chi connectivity index (χ3v) is 3.25. The van der Waals surface area contributed by atoms with Gasteiger partial charge in [0.15, 0.2) is 0 Å². The van der Waals surface area contributed by atoms with E-state index in [0.29, 0.717) is 0 Å². The van der Waals surface area contributed by atoms with Gasteiger partial charge in [-0.3, -0.25) is 0 Å². The quantitative estimate of drug-likeness (QED) is 0.678. The lowest BCUT2D eigenvalue weighted by molar-refractivity contribution is 0.213. The van der Waals surface area contributed by atoms with Gasteiger partial charge in [0.1, 0.15) is 0 Å². The van der Waals surface area contributed by atoms with Crippen molar-refractivity contribution in [2.24, 2.45) is 0 Å². The van der Waals surface area contributed by atoms with Gasteiger partial charge in [-0.15, -0.1) is 0 Å². The van der Waals surface area contributed by atoms with Crippen molar-refractivity contribution >= 4 is 15.9 Å². The van der Waals surface area contributed by atoms with Crippen LogP contribution in [0.3, 0.4) is 0 Å². The van der Waals surface area contributed by atoms with Crippen molar-refractivity contribution in [2.45, 2.75) is 45.1 Å². The highest BCUT2D eigenvalue weighted by atomic mass is 79.9. The predicted molar refractivity (Wildman–Crippen MR) is 57.9 cm³/mol. The summed E-state index contributed by atoms with van der Waals surface area (Å²) in [6.45, 7) is 5.01. The van der Waals surface area contributed by atoms with Crippen LogP contribution in [0.25, 0.3) is 0 Å². The van der Waals surface area contributed by atoms with Crippen LogP contribution < -0.4 is 0 Å². The highest BCUT2D eigenvalue weighted by Crippen LogP contribution is 2.14. The van der Waals surface area contributed by atoms with E-state index in [1.54, 1.807) is 0 Å². The van der Waals surface area contributed by atoms with Crippen molar-refractivity contribution in [1.29, 1.82) is 0 Å². The van der Waals surface area contributed by atoms with Crippen molar-refractivity contribution in [3.63, 3.8) is 0 Å². The molecule has 2 heteroatoms. The van der Waals surface area contributed by atoms with Crippen molar-refractivity contribution in [2.75, 3.05) is 18.4 Å². The summed E-state index contributed by atoms with van der Waals surface area (Å²) in [5.41, 5.74) is 0. The van der Waals surface area contributed by atoms with Gasteiger partial charge < -0.3 is 4.90 Å². The van der Waals surface area contributed by atoms with Crippen molar-refractivity contribution in [3.05, 3.63) is 0 Å². The van der Waals surface area contributed by atoms with Gasteiger partial charge in [-0.2, -0.15) is 0 Å². The maximum absolute atomic E-state index is 3.51. The van der Waals surface area contributed by atoms with Crippen LogP contribution in [-0.4, -0.2) is 29.4 Å². The van der Waals surface area contributed by atoms with E-state index < -0.39 is 0 Å². The van der Waals surface area contributed by atoms with Crippen molar-refractivity contribution in [3.8, 4) is 0 Å². The normalized spacial score (nSPS) is 23.5. The Morgan fingerprint density at radius 1 is 1.17 bits per heavy atom. The smallest absolute Gasteiger partial charge is 0.00748 e. The number of hydrogen-bond acceptors (Lipinski definition) is 1. The van der Waals surface area contributed by atoms with Gasteiger partial charge in [0.25, 0.3) is 0 Å². The van der Waals surface area contributed by atoms with Gasteiger partial charge in [-0.05, 0) is 39.3 Å². The molecule has 0 radical (unpaired) electrons. The van der Waals surface area contributed by atoms with Crippen LogP contribution in [0, 0.1) is 0 Å². The number of rotatable bonds is 3.